The number of carbonyl (C=O) groups is 1. The number of benzene rings is 2. The summed E-state index contributed by atoms with van der Waals surface area (Å²) in [6.45, 7) is 3.93. The van der Waals surface area contributed by atoms with E-state index < -0.39 is 10.0 Å². The lowest BCUT2D eigenvalue weighted by Gasteiger charge is -2.19. The van der Waals surface area contributed by atoms with Gasteiger partial charge in [-0.3, -0.25) is 4.79 Å². The first-order valence-electron chi connectivity index (χ1n) is 8.48. The zero-order chi connectivity index (χ0) is 20.0. The summed E-state index contributed by atoms with van der Waals surface area (Å²) in [5, 5.41) is 2.82. The van der Waals surface area contributed by atoms with Gasteiger partial charge >= 0.3 is 0 Å². The Morgan fingerprint density at radius 2 is 1.89 bits per heavy atom. The van der Waals surface area contributed by atoms with Crippen molar-refractivity contribution in [3.63, 3.8) is 0 Å². The van der Waals surface area contributed by atoms with Crippen molar-refractivity contribution < 1.29 is 17.9 Å². The van der Waals surface area contributed by atoms with E-state index in [1.807, 2.05) is 38.1 Å². The fourth-order valence-electron chi connectivity index (χ4n) is 2.49. The molecule has 0 fully saturated rings. The molecule has 0 unspecified atom stereocenters. The van der Waals surface area contributed by atoms with Gasteiger partial charge in [0.25, 0.3) is 0 Å². The fraction of sp³-hybridized carbons (Fsp3) is 0.316. The van der Waals surface area contributed by atoms with Crippen molar-refractivity contribution in [3.05, 3.63) is 58.6 Å². The van der Waals surface area contributed by atoms with Crippen molar-refractivity contribution in [3.8, 4) is 5.75 Å². The first kappa shape index (κ1) is 21.4. The number of hydrogen-bond acceptors (Lipinski definition) is 4. The van der Waals surface area contributed by atoms with Gasteiger partial charge in [-0.1, -0.05) is 28.1 Å². The second-order valence-corrected chi connectivity index (χ2v) is 8.97. The van der Waals surface area contributed by atoms with E-state index in [-0.39, 0.29) is 23.4 Å². The zero-order valence-electron chi connectivity index (χ0n) is 15.5. The lowest BCUT2D eigenvalue weighted by molar-refractivity contribution is -0.121. The highest BCUT2D eigenvalue weighted by molar-refractivity contribution is 9.10. The Morgan fingerprint density at radius 1 is 1.22 bits per heavy atom. The van der Waals surface area contributed by atoms with Crippen molar-refractivity contribution in [2.75, 3.05) is 20.2 Å². The summed E-state index contributed by atoms with van der Waals surface area (Å²) in [7, 11) is -2.38. The van der Waals surface area contributed by atoms with Crippen LogP contribution in [0, 0.1) is 0 Å². The van der Waals surface area contributed by atoms with E-state index in [4.69, 9.17) is 4.74 Å². The maximum absolute atomic E-state index is 12.6. The Labute approximate surface area is 168 Å². The van der Waals surface area contributed by atoms with Gasteiger partial charge in [-0.2, -0.15) is 4.31 Å². The zero-order valence-corrected chi connectivity index (χ0v) is 17.9. The number of hydrogen-bond donors (Lipinski definition) is 1. The number of sulfonamides is 1. The fourth-order valence-corrected chi connectivity index (χ4v) is 4.03. The van der Waals surface area contributed by atoms with Gasteiger partial charge in [0.2, 0.25) is 15.9 Å². The minimum Gasteiger partial charge on any atom is -0.494 e. The van der Waals surface area contributed by atoms with Crippen LogP contribution in [-0.4, -0.2) is 38.8 Å². The molecule has 1 atom stereocenters. The van der Waals surface area contributed by atoms with Crippen LogP contribution in [0.3, 0.4) is 0 Å². The monoisotopic (exact) mass is 454 g/mol. The third-order valence-corrected chi connectivity index (χ3v) is 6.25. The molecule has 2 aromatic rings. The maximum atomic E-state index is 12.6. The smallest absolute Gasteiger partial charge is 0.243 e. The Hall–Kier alpha value is -1.90. The van der Waals surface area contributed by atoms with Gasteiger partial charge in [0.05, 0.1) is 24.1 Å². The van der Waals surface area contributed by atoms with Crippen LogP contribution in [0.4, 0.5) is 0 Å². The average molecular weight is 455 g/mol. The van der Waals surface area contributed by atoms with Gasteiger partial charge in [0.15, 0.2) is 0 Å². The molecular weight excluding hydrogens is 432 g/mol. The molecule has 6 nitrogen and oxygen atoms in total. The molecule has 0 spiro atoms. The topological polar surface area (TPSA) is 75.7 Å². The number of nitrogens with one attached hydrogen (secondary N) is 1. The summed E-state index contributed by atoms with van der Waals surface area (Å²) < 4.78 is 32.5. The number of ether oxygens (including phenoxy) is 1. The van der Waals surface area contributed by atoms with E-state index in [0.717, 1.165) is 14.3 Å². The average Bonchev–Trinajstić information content (AvgIpc) is 2.62. The first-order chi connectivity index (χ1) is 12.7. The predicted octanol–water partition coefficient (Wildman–Crippen LogP) is 3.35. The number of likely N-dealkylation sites (N-methyl/N-ethyl adjacent to an activating group) is 1. The summed E-state index contributed by atoms with van der Waals surface area (Å²) in [6.07, 6.45) is 0. The van der Waals surface area contributed by atoms with Gasteiger partial charge in [-0.25, -0.2) is 8.42 Å². The molecule has 0 aliphatic carbocycles. The van der Waals surface area contributed by atoms with Crippen molar-refractivity contribution >= 4 is 31.9 Å². The van der Waals surface area contributed by atoms with E-state index >= 15 is 0 Å². The number of rotatable bonds is 8. The van der Waals surface area contributed by atoms with E-state index in [1.54, 1.807) is 12.1 Å². The Bertz CT molecular complexity index is 885. The predicted molar refractivity (Wildman–Crippen MR) is 108 cm³/mol. The summed E-state index contributed by atoms with van der Waals surface area (Å²) in [5.74, 6) is 0.221. The number of nitrogens with zero attached hydrogens (tertiary/aromatic N) is 1. The largest absolute Gasteiger partial charge is 0.494 e. The number of halogens is 1. The molecule has 0 aliphatic rings. The van der Waals surface area contributed by atoms with Crippen LogP contribution < -0.4 is 10.1 Å². The van der Waals surface area contributed by atoms with E-state index in [0.29, 0.717) is 12.4 Å². The molecule has 2 rings (SSSR count). The third kappa shape index (κ3) is 5.79. The molecule has 0 aliphatic heterocycles. The molecule has 0 saturated carbocycles. The van der Waals surface area contributed by atoms with Gasteiger partial charge < -0.3 is 10.1 Å². The lowest BCUT2D eigenvalue weighted by atomic mass is 10.1. The normalized spacial score (nSPS) is 12.6. The minimum absolute atomic E-state index is 0.112. The summed E-state index contributed by atoms with van der Waals surface area (Å²) in [5.41, 5.74) is 0.926. The van der Waals surface area contributed by atoms with Gasteiger partial charge in [0.1, 0.15) is 5.75 Å². The Morgan fingerprint density at radius 3 is 2.48 bits per heavy atom. The summed E-state index contributed by atoms with van der Waals surface area (Å²) in [4.78, 5) is 12.4. The van der Waals surface area contributed by atoms with Crippen LogP contribution in [-0.2, 0) is 14.8 Å². The second kappa shape index (κ2) is 9.34. The molecule has 0 radical (unpaired) electrons. The van der Waals surface area contributed by atoms with Crippen molar-refractivity contribution in [2.24, 2.45) is 0 Å². The molecule has 0 bridgehead atoms. The number of carbonyl (C=O) groups excluding carboxylic acids is 1. The molecule has 27 heavy (non-hydrogen) atoms. The van der Waals surface area contributed by atoms with Gasteiger partial charge in [-0.15, -0.1) is 0 Å². The molecule has 1 amide bonds. The Kier molecular flexibility index (Phi) is 7.41. The molecule has 2 aromatic carbocycles. The molecule has 0 aromatic heterocycles. The minimum atomic E-state index is -3.76. The van der Waals surface area contributed by atoms with Crippen LogP contribution >= 0.6 is 15.9 Å². The SMILES string of the molecule is CCOc1ccc(S(=O)(=O)N(C)CC(=O)N[C@H](C)c2cccc(Br)c2)cc1. The van der Waals surface area contributed by atoms with Crippen LogP contribution in [0.2, 0.25) is 0 Å². The quantitative estimate of drug-likeness (QED) is 0.663. The molecule has 1 N–H and O–H groups in total. The van der Waals surface area contributed by atoms with Gasteiger partial charge in [0, 0.05) is 11.5 Å². The van der Waals surface area contributed by atoms with Gasteiger partial charge in [-0.05, 0) is 55.8 Å². The first-order valence-corrected chi connectivity index (χ1v) is 10.7. The highest BCUT2D eigenvalue weighted by Gasteiger charge is 2.23. The van der Waals surface area contributed by atoms with Crippen LogP contribution in [0.15, 0.2) is 57.9 Å². The Balaban J connectivity index is 2.01. The van der Waals surface area contributed by atoms with Crippen LogP contribution in [0.5, 0.6) is 5.75 Å². The lowest BCUT2D eigenvalue weighted by Crippen LogP contribution is -2.39. The summed E-state index contributed by atoms with van der Waals surface area (Å²) >= 11 is 3.39. The molecule has 0 heterocycles. The molecule has 146 valence electrons. The van der Waals surface area contributed by atoms with E-state index in [9.17, 15) is 13.2 Å². The molecule has 8 heteroatoms. The highest BCUT2D eigenvalue weighted by Crippen LogP contribution is 2.20. The third-order valence-electron chi connectivity index (χ3n) is 3.94. The second-order valence-electron chi connectivity index (χ2n) is 6.01. The van der Waals surface area contributed by atoms with E-state index in [2.05, 4.69) is 21.2 Å². The maximum Gasteiger partial charge on any atom is 0.243 e. The summed E-state index contributed by atoms with van der Waals surface area (Å²) in [6, 6.07) is 13.5. The van der Waals surface area contributed by atoms with Crippen LogP contribution in [0.25, 0.3) is 0 Å². The van der Waals surface area contributed by atoms with Crippen molar-refractivity contribution in [1.82, 2.24) is 9.62 Å². The van der Waals surface area contributed by atoms with E-state index in [1.165, 1.54) is 19.2 Å². The van der Waals surface area contributed by atoms with Crippen molar-refractivity contribution in [2.45, 2.75) is 24.8 Å². The highest BCUT2D eigenvalue weighted by atomic mass is 79.9. The standard InChI is InChI=1S/C19H23BrN2O4S/c1-4-26-17-8-10-18(11-9-17)27(24,25)22(3)13-19(23)21-14(2)15-6-5-7-16(20)12-15/h5-12,14H,4,13H2,1-3H3,(H,21,23)/t14-/m1/s1. The number of amides is 1. The van der Waals surface area contributed by atoms with Crippen molar-refractivity contribution in [1.29, 1.82) is 0 Å². The molecular formula is C19H23BrN2O4S. The van der Waals surface area contributed by atoms with Crippen LogP contribution in [0.1, 0.15) is 25.5 Å². The molecule has 0 saturated heterocycles.